The first-order chi connectivity index (χ1) is 31.8. The van der Waals surface area contributed by atoms with Crippen LogP contribution in [0.25, 0.3) is 10.9 Å². The third-order valence-electron chi connectivity index (χ3n) is 14.2. The molecule has 6 aliphatic rings. The number of amides is 4. The van der Waals surface area contributed by atoms with Crippen LogP contribution in [0.1, 0.15) is 103 Å². The lowest BCUT2D eigenvalue weighted by Gasteiger charge is -2.35. The first-order valence-corrected chi connectivity index (χ1v) is 25.3. The third-order valence-corrected chi connectivity index (χ3v) is 14.9. The molecule has 3 saturated heterocycles. The van der Waals surface area contributed by atoms with E-state index in [1.54, 1.807) is 11.1 Å². The van der Waals surface area contributed by atoms with Crippen LogP contribution in [-0.2, 0) is 45.8 Å². The maximum absolute atomic E-state index is 15.0. The van der Waals surface area contributed by atoms with E-state index in [2.05, 4.69) is 26.8 Å². The van der Waals surface area contributed by atoms with Gasteiger partial charge in [0.25, 0.3) is 17.2 Å². The molecular weight excluding hydrogens is 867 g/mol. The van der Waals surface area contributed by atoms with Crippen LogP contribution in [0.15, 0.2) is 36.9 Å². The van der Waals surface area contributed by atoms with Crippen molar-refractivity contribution in [2.24, 2.45) is 17.3 Å². The molecule has 8 rings (SSSR count). The molecule has 2 saturated carbocycles. The van der Waals surface area contributed by atoms with E-state index in [1.165, 1.54) is 4.90 Å². The molecule has 2 aliphatic carbocycles. The standard InChI is InChI=1S/C48H69N7O10S/c1-5-33-30-48(33,45(58)52-66(60)65-54-21-12-7-13-22-54)51-42(56)38-29-34-31-55(38)44(57)41(47(2,3)4)50-46(59)64-39-20-14-16-32(39)15-8-6-9-18-36-40(62-28-25-53-23-26-61-27-24-53)35-17-10-11-19-37(35)49-43(36)63-34/h5,10-11,17,19,32-34,38-39,41H,1,6-9,12-16,18,20-31H2,2-4H3,(H,50,59)(H,51,56)(H,52,58)/t32-,33-,34-,38+,39-,41-,48-,66?/m1/s1. The van der Waals surface area contributed by atoms with Gasteiger partial charge in [-0.05, 0) is 81.3 Å². The molecule has 3 N–H and O–H groups in total. The van der Waals surface area contributed by atoms with Crippen molar-refractivity contribution in [3.63, 3.8) is 0 Å². The molecule has 0 spiro atoms. The van der Waals surface area contributed by atoms with E-state index < -0.39 is 70.1 Å². The van der Waals surface area contributed by atoms with Crippen LogP contribution in [0.5, 0.6) is 11.6 Å². The van der Waals surface area contributed by atoms with Gasteiger partial charge in [0.2, 0.25) is 17.7 Å². The zero-order chi connectivity index (χ0) is 46.4. The quantitative estimate of drug-likeness (QED) is 0.259. The summed E-state index contributed by atoms with van der Waals surface area (Å²) in [6, 6.07) is 5.65. The topological polar surface area (TPSA) is 190 Å². The fourth-order valence-electron chi connectivity index (χ4n) is 10.4. The Hall–Kier alpha value is -4.36. The predicted octanol–water partition coefficient (Wildman–Crippen LogP) is 4.89. The SMILES string of the molecule is C=C[C@@H]1C[C@]1(NC(=O)[C@@H]1C[C@@H]2CN1C(=O)[C@H](C(C)(C)C)NC(=O)O[C@@H]1CCC[C@H]1CCCCCc1c(nc3ccccc3c1OCCN1CCOCC1)O2)C(=O)NS(=O)ON1CCCCC1. The number of para-hydroxylation sites is 1. The second-order valence-corrected chi connectivity index (χ2v) is 20.8. The summed E-state index contributed by atoms with van der Waals surface area (Å²) in [5.41, 5.74) is -0.728. The van der Waals surface area contributed by atoms with Crippen molar-refractivity contribution >= 4 is 46.0 Å². The average Bonchev–Trinajstić information content (AvgIpc) is 3.57. The lowest BCUT2D eigenvalue weighted by Crippen LogP contribution is -2.60. The summed E-state index contributed by atoms with van der Waals surface area (Å²) in [5.74, 6) is -0.892. The van der Waals surface area contributed by atoms with Gasteiger partial charge in [0.1, 0.15) is 42.2 Å². The summed E-state index contributed by atoms with van der Waals surface area (Å²) in [4.78, 5) is 66.3. The molecule has 362 valence electrons. The Kier molecular flexibility index (Phi) is 15.5. The van der Waals surface area contributed by atoms with Gasteiger partial charge >= 0.3 is 6.09 Å². The minimum absolute atomic E-state index is 0.0100. The number of nitrogens with one attached hydrogen (secondary N) is 3. The summed E-state index contributed by atoms with van der Waals surface area (Å²) in [6.45, 7) is 14.9. The van der Waals surface area contributed by atoms with Gasteiger partial charge in [0, 0.05) is 50.4 Å². The molecule has 1 unspecified atom stereocenters. The number of hydroxylamine groups is 2. The van der Waals surface area contributed by atoms with Gasteiger partial charge in [-0.3, -0.25) is 19.3 Å². The Labute approximate surface area is 391 Å². The van der Waals surface area contributed by atoms with E-state index in [0.717, 1.165) is 101 Å². The highest BCUT2D eigenvalue weighted by molar-refractivity contribution is 7.78. The van der Waals surface area contributed by atoms with Gasteiger partial charge in [-0.1, -0.05) is 58.2 Å². The molecule has 5 fully saturated rings. The van der Waals surface area contributed by atoms with Crippen molar-refractivity contribution in [2.75, 3.05) is 59.1 Å². The molecule has 17 nitrogen and oxygen atoms in total. The van der Waals surface area contributed by atoms with Gasteiger partial charge in [-0.2, -0.15) is 9.35 Å². The van der Waals surface area contributed by atoms with Crippen LogP contribution in [-0.4, -0.2) is 137 Å². The second-order valence-electron chi connectivity index (χ2n) is 19.9. The molecule has 4 aliphatic heterocycles. The molecule has 66 heavy (non-hydrogen) atoms. The predicted molar refractivity (Wildman–Crippen MR) is 247 cm³/mol. The number of pyridine rings is 1. The summed E-state index contributed by atoms with van der Waals surface area (Å²) in [6.07, 6.45) is 10.0. The van der Waals surface area contributed by atoms with Crippen molar-refractivity contribution in [1.82, 2.24) is 35.2 Å². The minimum Gasteiger partial charge on any atom is -0.491 e. The van der Waals surface area contributed by atoms with E-state index in [4.69, 9.17) is 28.2 Å². The van der Waals surface area contributed by atoms with Gasteiger partial charge in [-0.25, -0.2) is 18.7 Å². The zero-order valence-corrected chi connectivity index (χ0v) is 39.7. The van der Waals surface area contributed by atoms with E-state index in [9.17, 15) is 18.6 Å². The fourth-order valence-corrected chi connectivity index (χ4v) is 11.1. The number of hydrogen-bond donors (Lipinski definition) is 3. The molecule has 2 bridgehead atoms. The smallest absolute Gasteiger partial charge is 0.408 e. The molecular formula is C48H69N7O10S. The summed E-state index contributed by atoms with van der Waals surface area (Å²) >= 11 is -2.19. The molecule has 8 atom stereocenters. The van der Waals surface area contributed by atoms with Crippen LogP contribution >= 0.6 is 0 Å². The molecule has 2 aromatic rings. The molecule has 4 amide bonds. The third kappa shape index (κ3) is 11.3. The second kappa shape index (κ2) is 21.3. The number of fused-ring (bicyclic) bond motifs is 5. The van der Waals surface area contributed by atoms with Gasteiger partial charge in [0.05, 0.1) is 30.8 Å². The van der Waals surface area contributed by atoms with E-state index in [0.29, 0.717) is 50.7 Å². The van der Waals surface area contributed by atoms with E-state index in [-0.39, 0.29) is 31.4 Å². The number of piperidine rings is 1. The van der Waals surface area contributed by atoms with Crippen molar-refractivity contribution in [3.8, 4) is 11.6 Å². The van der Waals surface area contributed by atoms with Crippen molar-refractivity contribution in [3.05, 3.63) is 42.5 Å². The first kappa shape index (κ1) is 48.1. The van der Waals surface area contributed by atoms with Crippen LogP contribution in [0, 0.1) is 17.3 Å². The largest absolute Gasteiger partial charge is 0.491 e. The van der Waals surface area contributed by atoms with Crippen LogP contribution < -0.4 is 24.8 Å². The van der Waals surface area contributed by atoms with E-state index >= 15 is 4.79 Å². The summed E-state index contributed by atoms with van der Waals surface area (Å²) in [5, 5.41) is 8.32. The fraction of sp³-hybridized carbons (Fsp3) is 0.688. The van der Waals surface area contributed by atoms with Crippen LogP contribution in [0.2, 0.25) is 0 Å². The average molecular weight is 936 g/mol. The Morgan fingerprint density at radius 2 is 1.76 bits per heavy atom. The number of nitrogens with zero attached hydrogens (tertiary/aromatic N) is 4. The van der Waals surface area contributed by atoms with Crippen LogP contribution in [0.4, 0.5) is 4.79 Å². The van der Waals surface area contributed by atoms with Crippen molar-refractivity contribution in [1.29, 1.82) is 0 Å². The number of rotatable bonds is 11. The Morgan fingerprint density at radius 1 is 1.00 bits per heavy atom. The van der Waals surface area contributed by atoms with Crippen molar-refractivity contribution < 1.29 is 46.6 Å². The maximum atomic E-state index is 15.0. The van der Waals surface area contributed by atoms with Crippen molar-refractivity contribution in [2.45, 2.75) is 134 Å². The lowest BCUT2D eigenvalue weighted by atomic mass is 9.85. The lowest BCUT2D eigenvalue weighted by molar-refractivity contribution is -0.143. The molecule has 5 heterocycles. The number of morpholine rings is 1. The molecule has 1 aromatic heterocycles. The zero-order valence-electron chi connectivity index (χ0n) is 38.9. The number of aromatic nitrogens is 1. The van der Waals surface area contributed by atoms with Gasteiger partial charge < -0.3 is 34.5 Å². The normalized spacial score (nSPS) is 29.8. The molecule has 1 aromatic carbocycles. The highest BCUT2D eigenvalue weighted by Crippen LogP contribution is 2.45. The number of carbonyl (C=O) groups excluding carboxylic acids is 4. The Bertz CT molecular complexity index is 2110. The van der Waals surface area contributed by atoms with Crippen LogP contribution in [0.3, 0.4) is 0 Å². The molecule has 18 heteroatoms. The Morgan fingerprint density at radius 3 is 2.52 bits per heavy atom. The monoisotopic (exact) mass is 935 g/mol. The minimum atomic E-state index is -2.19. The van der Waals surface area contributed by atoms with Gasteiger partial charge in [-0.15, -0.1) is 6.58 Å². The number of ether oxygens (including phenoxy) is 4. The first-order valence-electron chi connectivity index (χ1n) is 24.2. The maximum Gasteiger partial charge on any atom is 0.408 e. The van der Waals surface area contributed by atoms with Gasteiger partial charge in [0.15, 0.2) is 0 Å². The molecule has 0 radical (unpaired) electrons. The number of alkyl carbamates (subject to hydrolysis) is 1. The number of benzene rings is 1. The Balaban J connectivity index is 1.11. The highest BCUT2D eigenvalue weighted by atomic mass is 32.2. The van der Waals surface area contributed by atoms with E-state index in [1.807, 2.05) is 45.0 Å². The number of carbonyl (C=O) groups is 4. The number of hydrogen-bond acceptors (Lipinski definition) is 13. The summed E-state index contributed by atoms with van der Waals surface area (Å²) < 4.78 is 46.3. The highest BCUT2D eigenvalue weighted by Gasteiger charge is 2.61. The summed E-state index contributed by atoms with van der Waals surface area (Å²) in [7, 11) is 0.